The van der Waals surface area contributed by atoms with Crippen LogP contribution >= 0.6 is 15.9 Å². The van der Waals surface area contributed by atoms with E-state index in [2.05, 4.69) is 26.1 Å². The molecule has 0 atom stereocenters. The van der Waals surface area contributed by atoms with Gasteiger partial charge in [0, 0.05) is 4.47 Å². The summed E-state index contributed by atoms with van der Waals surface area (Å²) in [7, 11) is -3.38. The van der Waals surface area contributed by atoms with Crippen molar-refractivity contribution in [2.45, 2.75) is 36.3 Å². The first-order valence-electron chi connectivity index (χ1n) is 6.93. The molecular weight excluding hydrogens is 370 g/mol. The van der Waals surface area contributed by atoms with E-state index in [4.69, 9.17) is 10.3 Å². The lowest BCUT2D eigenvalue weighted by molar-refractivity contribution is 0.229. The molecule has 1 aliphatic carbocycles. The van der Waals surface area contributed by atoms with Gasteiger partial charge in [-0.25, -0.2) is 8.42 Å². The predicted molar refractivity (Wildman–Crippen MR) is 84.5 cm³/mol. The molecule has 0 bridgehead atoms. The second-order valence-electron chi connectivity index (χ2n) is 5.68. The van der Waals surface area contributed by atoms with Gasteiger partial charge in [-0.2, -0.15) is 4.98 Å². The van der Waals surface area contributed by atoms with Crippen molar-refractivity contribution >= 4 is 25.8 Å². The Morgan fingerprint density at radius 3 is 2.73 bits per heavy atom. The summed E-state index contributed by atoms with van der Waals surface area (Å²) in [4.78, 5) is 4.16. The van der Waals surface area contributed by atoms with Gasteiger partial charge in [-0.3, -0.25) is 0 Å². The summed E-state index contributed by atoms with van der Waals surface area (Å²) in [6.07, 6.45) is 2.63. The minimum absolute atomic E-state index is 0.0715. The van der Waals surface area contributed by atoms with Crippen LogP contribution in [0.3, 0.4) is 0 Å². The molecule has 0 unspecified atom stereocenters. The zero-order valence-corrected chi connectivity index (χ0v) is 14.2. The standard InChI is InChI=1S/C14H16BrN3O3S/c15-11-4-1-3-10(7-11)8-22(19,20)9-12-17-13(18-21-12)14(16)5-2-6-14/h1,3-4,7H,2,5-6,8-9,16H2. The number of rotatable bonds is 5. The normalized spacial score (nSPS) is 17.2. The first kappa shape index (κ1) is 15.6. The summed E-state index contributed by atoms with van der Waals surface area (Å²) in [6.45, 7) is 0. The Morgan fingerprint density at radius 2 is 2.09 bits per heavy atom. The van der Waals surface area contributed by atoms with Crippen molar-refractivity contribution in [2.24, 2.45) is 5.73 Å². The van der Waals surface area contributed by atoms with E-state index >= 15 is 0 Å². The van der Waals surface area contributed by atoms with Crippen molar-refractivity contribution in [3.8, 4) is 0 Å². The van der Waals surface area contributed by atoms with Crippen LogP contribution in [0.2, 0.25) is 0 Å². The summed E-state index contributed by atoms with van der Waals surface area (Å²) in [5, 5.41) is 3.83. The Morgan fingerprint density at radius 1 is 1.32 bits per heavy atom. The monoisotopic (exact) mass is 385 g/mol. The molecule has 1 heterocycles. The SMILES string of the molecule is NC1(c2noc(CS(=O)(=O)Cc3cccc(Br)c3)n2)CCC1. The van der Waals surface area contributed by atoms with Crippen molar-refractivity contribution in [3.63, 3.8) is 0 Å². The van der Waals surface area contributed by atoms with Crippen LogP contribution in [0.4, 0.5) is 0 Å². The number of sulfone groups is 1. The van der Waals surface area contributed by atoms with Crippen LogP contribution in [-0.2, 0) is 26.9 Å². The third-order valence-corrected chi connectivity index (χ3v) is 5.73. The van der Waals surface area contributed by atoms with E-state index in [1.807, 2.05) is 6.07 Å². The molecule has 1 saturated carbocycles. The molecule has 118 valence electrons. The van der Waals surface area contributed by atoms with Crippen molar-refractivity contribution in [2.75, 3.05) is 0 Å². The average Bonchev–Trinajstić information content (AvgIpc) is 2.83. The molecule has 6 nitrogen and oxygen atoms in total. The Bertz CT molecular complexity index is 784. The van der Waals surface area contributed by atoms with E-state index in [-0.39, 0.29) is 17.4 Å². The Kier molecular flexibility index (Phi) is 4.09. The number of benzene rings is 1. The van der Waals surface area contributed by atoms with Gasteiger partial charge in [0.05, 0.1) is 11.3 Å². The first-order valence-corrected chi connectivity index (χ1v) is 9.55. The van der Waals surface area contributed by atoms with E-state index in [1.165, 1.54) is 0 Å². The van der Waals surface area contributed by atoms with Crippen LogP contribution in [0.15, 0.2) is 33.3 Å². The largest absolute Gasteiger partial charge is 0.338 e. The van der Waals surface area contributed by atoms with Gasteiger partial charge in [0.25, 0.3) is 0 Å². The van der Waals surface area contributed by atoms with Crippen LogP contribution in [0.1, 0.15) is 36.5 Å². The van der Waals surface area contributed by atoms with Gasteiger partial charge < -0.3 is 10.3 Å². The average molecular weight is 386 g/mol. The molecule has 1 aromatic heterocycles. The Hall–Kier alpha value is -1.25. The molecule has 0 spiro atoms. The first-order chi connectivity index (χ1) is 10.4. The lowest BCUT2D eigenvalue weighted by atomic mass is 9.77. The lowest BCUT2D eigenvalue weighted by Gasteiger charge is -2.34. The third-order valence-electron chi connectivity index (χ3n) is 3.78. The maximum atomic E-state index is 12.2. The molecule has 1 aromatic carbocycles. The maximum absolute atomic E-state index is 12.2. The quantitative estimate of drug-likeness (QED) is 0.847. The van der Waals surface area contributed by atoms with E-state index in [9.17, 15) is 8.42 Å². The second kappa shape index (κ2) is 5.75. The molecule has 8 heteroatoms. The molecule has 3 rings (SSSR count). The Labute approximate surface area is 137 Å². The molecular formula is C14H16BrN3O3S. The topological polar surface area (TPSA) is 99.1 Å². The minimum Gasteiger partial charge on any atom is -0.338 e. The number of nitrogens with two attached hydrogens (primary N) is 1. The van der Waals surface area contributed by atoms with Gasteiger partial charge >= 0.3 is 0 Å². The van der Waals surface area contributed by atoms with Crippen LogP contribution in [-0.4, -0.2) is 18.6 Å². The van der Waals surface area contributed by atoms with Crippen LogP contribution in [0.25, 0.3) is 0 Å². The molecule has 0 saturated heterocycles. The molecule has 0 aliphatic heterocycles. The van der Waals surface area contributed by atoms with Gasteiger partial charge in [-0.1, -0.05) is 33.2 Å². The molecule has 1 fully saturated rings. The number of halogens is 1. The van der Waals surface area contributed by atoms with Gasteiger partial charge in [0.15, 0.2) is 15.7 Å². The highest BCUT2D eigenvalue weighted by atomic mass is 79.9. The smallest absolute Gasteiger partial charge is 0.241 e. The van der Waals surface area contributed by atoms with Crippen LogP contribution < -0.4 is 5.73 Å². The zero-order valence-electron chi connectivity index (χ0n) is 11.8. The van der Waals surface area contributed by atoms with Crippen molar-refractivity contribution in [1.82, 2.24) is 10.1 Å². The molecule has 2 aromatic rings. The highest BCUT2D eigenvalue weighted by Crippen LogP contribution is 2.36. The second-order valence-corrected chi connectivity index (χ2v) is 8.66. The van der Waals surface area contributed by atoms with Crippen molar-refractivity contribution in [3.05, 3.63) is 46.0 Å². The van der Waals surface area contributed by atoms with E-state index < -0.39 is 15.4 Å². The third kappa shape index (κ3) is 3.39. The predicted octanol–water partition coefficient (Wildman–Crippen LogP) is 2.29. The minimum atomic E-state index is -3.38. The van der Waals surface area contributed by atoms with Gasteiger partial charge in [0.1, 0.15) is 5.75 Å². The molecule has 0 amide bonds. The fourth-order valence-electron chi connectivity index (χ4n) is 2.42. The van der Waals surface area contributed by atoms with Gasteiger partial charge in [-0.15, -0.1) is 0 Å². The van der Waals surface area contributed by atoms with E-state index in [0.29, 0.717) is 11.4 Å². The van der Waals surface area contributed by atoms with E-state index in [0.717, 1.165) is 23.7 Å². The summed E-state index contributed by atoms with van der Waals surface area (Å²) >= 11 is 3.33. The molecule has 0 radical (unpaired) electrons. The van der Waals surface area contributed by atoms with Crippen molar-refractivity contribution < 1.29 is 12.9 Å². The summed E-state index contributed by atoms with van der Waals surface area (Å²) in [5.41, 5.74) is 6.27. The highest BCUT2D eigenvalue weighted by Gasteiger charge is 2.39. The summed E-state index contributed by atoms with van der Waals surface area (Å²) in [6, 6.07) is 7.19. The van der Waals surface area contributed by atoms with Crippen LogP contribution in [0.5, 0.6) is 0 Å². The van der Waals surface area contributed by atoms with Gasteiger partial charge in [-0.05, 0) is 37.0 Å². The highest BCUT2D eigenvalue weighted by molar-refractivity contribution is 9.10. The number of hydrogen-bond donors (Lipinski definition) is 1. The number of nitrogens with zero attached hydrogens (tertiary/aromatic N) is 2. The molecule has 22 heavy (non-hydrogen) atoms. The van der Waals surface area contributed by atoms with Crippen molar-refractivity contribution in [1.29, 1.82) is 0 Å². The summed E-state index contributed by atoms with van der Waals surface area (Å²) < 4.78 is 30.4. The zero-order chi connectivity index (χ0) is 15.8. The Balaban J connectivity index is 1.72. The molecule has 1 aliphatic rings. The fraction of sp³-hybridized carbons (Fsp3) is 0.429. The fourth-order valence-corrected chi connectivity index (χ4v) is 4.15. The van der Waals surface area contributed by atoms with E-state index in [1.54, 1.807) is 18.2 Å². The maximum Gasteiger partial charge on any atom is 0.241 e. The van der Waals surface area contributed by atoms with Crippen LogP contribution in [0, 0.1) is 0 Å². The number of aromatic nitrogens is 2. The summed E-state index contributed by atoms with van der Waals surface area (Å²) in [5.74, 6) is 0.161. The lowest BCUT2D eigenvalue weighted by Crippen LogP contribution is -2.44. The van der Waals surface area contributed by atoms with Gasteiger partial charge in [0.2, 0.25) is 5.89 Å². The number of hydrogen-bond acceptors (Lipinski definition) is 6. The molecule has 2 N–H and O–H groups in total.